The first-order chi connectivity index (χ1) is 8.06. The summed E-state index contributed by atoms with van der Waals surface area (Å²) < 4.78 is 0. The molecule has 7 heteroatoms. The molecule has 0 aliphatic carbocycles. The second-order valence-corrected chi connectivity index (χ2v) is 3.89. The lowest BCUT2D eigenvalue weighted by atomic mass is 10.0. The number of rotatable bonds is 6. The van der Waals surface area contributed by atoms with E-state index in [1.165, 1.54) is 18.2 Å². The Kier molecular flexibility index (Phi) is 7.26. The second kappa shape index (κ2) is 7.86. The van der Waals surface area contributed by atoms with Gasteiger partial charge >= 0.3 is 0 Å². The number of hydrogen-bond acceptors (Lipinski definition) is 5. The summed E-state index contributed by atoms with van der Waals surface area (Å²) >= 11 is 0. The van der Waals surface area contributed by atoms with Crippen LogP contribution < -0.4 is 11.5 Å². The summed E-state index contributed by atoms with van der Waals surface area (Å²) in [4.78, 5) is 10.1. The van der Waals surface area contributed by atoms with Crippen molar-refractivity contribution < 1.29 is 10.0 Å². The Balaban J connectivity index is 0.00000289. The van der Waals surface area contributed by atoms with E-state index in [9.17, 15) is 15.2 Å². The molecule has 0 radical (unpaired) electrons. The summed E-state index contributed by atoms with van der Waals surface area (Å²) in [6.45, 7) is 0.591. The van der Waals surface area contributed by atoms with Crippen molar-refractivity contribution in [3.05, 3.63) is 33.9 Å². The molecule has 0 spiro atoms. The van der Waals surface area contributed by atoms with Gasteiger partial charge < -0.3 is 16.6 Å². The Morgan fingerprint density at radius 2 is 2.06 bits per heavy atom. The average Bonchev–Trinajstić information content (AvgIpc) is 2.29. The van der Waals surface area contributed by atoms with Crippen molar-refractivity contribution in [2.24, 2.45) is 11.5 Å². The Labute approximate surface area is 112 Å². The number of halogens is 1. The summed E-state index contributed by atoms with van der Waals surface area (Å²) in [5, 5.41) is 20.2. The molecule has 1 aromatic rings. The summed E-state index contributed by atoms with van der Waals surface area (Å²) in [5.74, 6) is -0.00384. The molecule has 6 nitrogen and oxygen atoms in total. The van der Waals surface area contributed by atoms with E-state index in [0.29, 0.717) is 18.5 Å². The number of unbranched alkanes of at least 4 members (excludes halogenated alkanes) is 1. The van der Waals surface area contributed by atoms with Gasteiger partial charge in [0.1, 0.15) is 5.75 Å². The third kappa shape index (κ3) is 4.48. The fraction of sp³-hybridized carbons (Fsp3) is 0.455. The summed E-state index contributed by atoms with van der Waals surface area (Å²) in [5.41, 5.74) is 11.6. The fourth-order valence-corrected chi connectivity index (χ4v) is 1.62. The van der Waals surface area contributed by atoms with Crippen LogP contribution in [0.15, 0.2) is 18.2 Å². The minimum atomic E-state index is -0.504. The molecule has 0 fully saturated rings. The van der Waals surface area contributed by atoms with E-state index in [2.05, 4.69) is 0 Å². The van der Waals surface area contributed by atoms with Crippen LogP contribution in [0.3, 0.4) is 0 Å². The van der Waals surface area contributed by atoms with Crippen LogP contribution in [-0.4, -0.2) is 16.6 Å². The van der Waals surface area contributed by atoms with Gasteiger partial charge in [0.2, 0.25) is 0 Å². The molecule has 1 aromatic carbocycles. The van der Waals surface area contributed by atoms with E-state index in [-0.39, 0.29) is 23.8 Å². The monoisotopic (exact) mass is 275 g/mol. The maximum Gasteiger partial charge on any atom is 0.270 e. The van der Waals surface area contributed by atoms with Crippen LogP contribution in [0.5, 0.6) is 5.75 Å². The molecule has 1 rings (SSSR count). The van der Waals surface area contributed by atoms with E-state index in [0.717, 1.165) is 12.8 Å². The van der Waals surface area contributed by atoms with Gasteiger partial charge in [-0.05, 0) is 25.5 Å². The molecule has 5 N–H and O–H groups in total. The Hall–Kier alpha value is -1.37. The summed E-state index contributed by atoms with van der Waals surface area (Å²) in [7, 11) is 0. The van der Waals surface area contributed by atoms with Gasteiger partial charge in [-0.3, -0.25) is 10.1 Å². The summed E-state index contributed by atoms with van der Waals surface area (Å²) in [6.07, 6.45) is 2.33. The SMILES string of the molecule is Cl.NCCCC[C@@H](N)c1cc([N+](=O)[O-])ccc1O. The molecule has 102 valence electrons. The predicted molar refractivity (Wildman–Crippen MR) is 71.8 cm³/mol. The van der Waals surface area contributed by atoms with E-state index < -0.39 is 11.0 Å². The largest absolute Gasteiger partial charge is 0.508 e. The van der Waals surface area contributed by atoms with E-state index >= 15 is 0 Å². The van der Waals surface area contributed by atoms with Gasteiger partial charge in [-0.15, -0.1) is 12.4 Å². The quantitative estimate of drug-likeness (QED) is 0.416. The number of benzene rings is 1. The van der Waals surface area contributed by atoms with Crippen molar-refractivity contribution in [2.75, 3.05) is 6.54 Å². The number of nitrogens with zero attached hydrogens (tertiary/aromatic N) is 1. The maximum atomic E-state index is 10.6. The van der Waals surface area contributed by atoms with Gasteiger partial charge in [-0.2, -0.15) is 0 Å². The molecule has 18 heavy (non-hydrogen) atoms. The van der Waals surface area contributed by atoms with Crippen LogP contribution in [0.4, 0.5) is 5.69 Å². The highest BCUT2D eigenvalue weighted by atomic mass is 35.5. The molecule has 0 aromatic heterocycles. The zero-order valence-corrected chi connectivity index (χ0v) is 10.7. The molecular weight excluding hydrogens is 258 g/mol. The van der Waals surface area contributed by atoms with Crippen LogP contribution >= 0.6 is 12.4 Å². The van der Waals surface area contributed by atoms with Crippen molar-refractivity contribution in [1.82, 2.24) is 0 Å². The zero-order valence-electron chi connectivity index (χ0n) is 9.91. The third-order valence-corrected chi connectivity index (χ3v) is 2.59. The zero-order chi connectivity index (χ0) is 12.8. The van der Waals surface area contributed by atoms with Crippen molar-refractivity contribution in [3.63, 3.8) is 0 Å². The number of nitrogens with two attached hydrogens (primary N) is 2. The van der Waals surface area contributed by atoms with Crippen molar-refractivity contribution in [1.29, 1.82) is 0 Å². The molecule has 0 aliphatic rings. The first-order valence-corrected chi connectivity index (χ1v) is 5.49. The first kappa shape index (κ1) is 16.6. The normalized spacial score (nSPS) is 11.7. The fourth-order valence-electron chi connectivity index (χ4n) is 1.62. The molecular formula is C11H18ClN3O3. The Morgan fingerprint density at radius 3 is 2.61 bits per heavy atom. The van der Waals surface area contributed by atoms with Crippen LogP contribution in [0.25, 0.3) is 0 Å². The standard InChI is InChI=1S/C11H17N3O3.ClH/c12-6-2-1-3-10(13)9-7-8(14(16)17)4-5-11(9)15;/h4-5,7,10,15H,1-3,6,12-13H2;1H/t10-;/m1./s1. The van der Waals surface area contributed by atoms with Gasteiger partial charge in [-0.1, -0.05) is 6.42 Å². The maximum absolute atomic E-state index is 10.6. The van der Waals surface area contributed by atoms with E-state index in [1.807, 2.05) is 0 Å². The van der Waals surface area contributed by atoms with Gasteiger partial charge in [0.25, 0.3) is 5.69 Å². The lowest BCUT2D eigenvalue weighted by Crippen LogP contribution is -2.11. The van der Waals surface area contributed by atoms with Crippen LogP contribution in [0, 0.1) is 10.1 Å². The van der Waals surface area contributed by atoms with Gasteiger partial charge in [0.15, 0.2) is 0 Å². The molecule has 0 aliphatic heterocycles. The highest BCUT2D eigenvalue weighted by Gasteiger charge is 2.15. The number of phenolic OH excluding ortho intramolecular Hbond substituents is 1. The number of non-ortho nitro benzene ring substituents is 1. The number of aromatic hydroxyl groups is 1. The van der Waals surface area contributed by atoms with Crippen LogP contribution in [0.2, 0.25) is 0 Å². The van der Waals surface area contributed by atoms with Crippen LogP contribution in [-0.2, 0) is 0 Å². The minimum absolute atomic E-state index is 0. The predicted octanol–water partition coefficient (Wildman–Crippen LogP) is 1.85. The smallest absolute Gasteiger partial charge is 0.270 e. The average molecular weight is 276 g/mol. The number of nitro groups is 1. The topological polar surface area (TPSA) is 115 Å². The number of nitro benzene ring substituents is 1. The van der Waals surface area contributed by atoms with Crippen LogP contribution in [0.1, 0.15) is 30.9 Å². The molecule has 1 atom stereocenters. The molecule has 0 saturated carbocycles. The molecule has 0 bridgehead atoms. The van der Waals surface area contributed by atoms with Crippen molar-refractivity contribution in [3.8, 4) is 5.75 Å². The number of hydrogen-bond donors (Lipinski definition) is 3. The van der Waals surface area contributed by atoms with Gasteiger partial charge in [0, 0.05) is 23.7 Å². The Bertz CT molecular complexity index is 401. The van der Waals surface area contributed by atoms with E-state index in [4.69, 9.17) is 11.5 Å². The molecule has 0 heterocycles. The first-order valence-electron chi connectivity index (χ1n) is 5.49. The minimum Gasteiger partial charge on any atom is -0.508 e. The van der Waals surface area contributed by atoms with Crippen molar-refractivity contribution >= 4 is 18.1 Å². The highest BCUT2D eigenvalue weighted by Crippen LogP contribution is 2.29. The van der Waals surface area contributed by atoms with Gasteiger partial charge in [0.05, 0.1) is 4.92 Å². The van der Waals surface area contributed by atoms with E-state index in [1.54, 1.807) is 0 Å². The number of phenols is 1. The second-order valence-electron chi connectivity index (χ2n) is 3.89. The van der Waals surface area contributed by atoms with Gasteiger partial charge in [-0.25, -0.2) is 0 Å². The highest BCUT2D eigenvalue weighted by molar-refractivity contribution is 5.85. The Morgan fingerprint density at radius 1 is 1.39 bits per heavy atom. The molecule has 0 unspecified atom stereocenters. The lowest BCUT2D eigenvalue weighted by Gasteiger charge is -2.13. The van der Waals surface area contributed by atoms with Crippen molar-refractivity contribution in [2.45, 2.75) is 25.3 Å². The molecule has 0 amide bonds. The third-order valence-electron chi connectivity index (χ3n) is 2.59. The molecule has 0 saturated heterocycles. The summed E-state index contributed by atoms with van der Waals surface area (Å²) in [6, 6.07) is 3.48. The lowest BCUT2D eigenvalue weighted by molar-refractivity contribution is -0.385.